The predicted octanol–water partition coefficient (Wildman–Crippen LogP) is 3.39. The number of aliphatic hydroxyl groups excluding tert-OH is 1. The fraction of sp³-hybridized carbons (Fsp3) is 0.667. The molecule has 1 aliphatic carbocycles. The van der Waals surface area contributed by atoms with Crippen LogP contribution in [-0.2, 0) is 6.42 Å². The van der Waals surface area contributed by atoms with Gasteiger partial charge in [-0.15, -0.1) is 0 Å². The Morgan fingerprint density at radius 3 is 2.05 bits per heavy atom. The molecule has 0 saturated heterocycles. The molecule has 2 heteroatoms. The summed E-state index contributed by atoms with van der Waals surface area (Å²) < 4.78 is 0. The number of nitrogens with zero attached hydrogens (tertiary/aromatic N) is 1. The van der Waals surface area contributed by atoms with Gasteiger partial charge < -0.3 is 10.0 Å². The summed E-state index contributed by atoms with van der Waals surface area (Å²) in [5, 5.41) is 10.9. The molecule has 1 saturated carbocycles. The van der Waals surface area contributed by atoms with E-state index < -0.39 is 0 Å². The van der Waals surface area contributed by atoms with Gasteiger partial charge in [0.2, 0.25) is 0 Å². The number of likely N-dealkylation sites (N-methyl/N-ethyl adjacent to an activating group) is 1. The molecule has 1 N–H and O–H groups in total. The van der Waals surface area contributed by atoms with Crippen LogP contribution in [0.4, 0.5) is 0 Å². The van der Waals surface area contributed by atoms with Gasteiger partial charge in [-0.3, -0.25) is 0 Å². The molecule has 1 atom stereocenters. The predicted molar refractivity (Wildman–Crippen MR) is 85.2 cm³/mol. The first-order chi connectivity index (χ1) is 9.36. The van der Waals surface area contributed by atoms with Crippen LogP contribution in [0.2, 0.25) is 0 Å². The molecule has 1 aliphatic rings. The average molecular weight is 275 g/mol. The molecular weight excluding hydrogens is 246 g/mol. The third-order valence-electron chi connectivity index (χ3n) is 5.22. The Hall–Kier alpha value is -0.860. The summed E-state index contributed by atoms with van der Waals surface area (Å²) >= 11 is 0. The molecule has 1 aromatic carbocycles. The normalized spacial score (nSPS) is 19.6. The van der Waals surface area contributed by atoms with E-state index in [4.69, 9.17) is 0 Å². The molecule has 1 unspecified atom stereocenters. The molecule has 0 amide bonds. The maximum absolute atomic E-state index is 10.9. The van der Waals surface area contributed by atoms with Crippen LogP contribution in [0.3, 0.4) is 0 Å². The van der Waals surface area contributed by atoms with Crippen molar-refractivity contribution in [1.82, 2.24) is 4.90 Å². The van der Waals surface area contributed by atoms with Gasteiger partial charge in [0.05, 0.1) is 6.10 Å². The van der Waals surface area contributed by atoms with Crippen molar-refractivity contribution in [3.63, 3.8) is 0 Å². The van der Waals surface area contributed by atoms with Crippen molar-refractivity contribution in [2.24, 2.45) is 0 Å². The van der Waals surface area contributed by atoms with E-state index in [1.165, 1.54) is 35.1 Å². The molecule has 0 spiro atoms. The van der Waals surface area contributed by atoms with Crippen molar-refractivity contribution in [3.8, 4) is 0 Å². The number of hydrogen-bond donors (Lipinski definition) is 1. The van der Waals surface area contributed by atoms with Gasteiger partial charge in [-0.05, 0) is 64.4 Å². The van der Waals surface area contributed by atoms with Crippen molar-refractivity contribution in [2.45, 2.75) is 64.5 Å². The van der Waals surface area contributed by atoms with Gasteiger partial charge in [-0.1, -0.05) is 30.5 Å². The summed E-state index contributed by atoms with van der Waals surface area (Å²) in [7, 11) is 4.23. The second kappa shape index (κ2) is 5.87. The van der Waals surface area contributed by atoms with Gasteiger partial charge in [0.25, 0.3) is 0 Å². The maximum Gasteiger partial charge on any atom is 0.0764 e. The lowest BCUT2D eigenvalue weighted by Gasteiger charge is -2.41. The molecule has 2 nitrogen and oxygen atoms in total. The van der Waals surface area contributed by atoms with E-state index in [-0.39, 0.29) is 11.6 Å². The molecule has 0 heterocycles. The minimum absolute atomic E-state index is 0.0240. The number of aliphatic hydroxyl groups is 1. The molecule has 0 radical (unpaired) electrons. The highest BCUT2D eigenvalue weighted by Gasteiger charge is 2.42. The summed E-state index contributed by atoms with van der Waals surface area (Å²) in [4.78, 5) is 2.25. The third-order valence-corrected chi connectivity index (χ3v) is 5.22. The molecule has 20 heavy (non-hydrogen) atoms. The number of benzene rings is 1. The van der Waals surface area contributed by atoms with Crippen molar-refractivity contribution >= 4 is 0 Å². The zero-order chi connectivity index (χ0) is 14.9. The van der Waals surface area contributed by atoms with E-state index in [9.17, 15) is 5.11 Å². The molecule has 0 aliphatic heterocycles. The van der Waals surface area contributed by atoms with Gasteiger partial charge in [0, 0.05) is 12.0 Å². The minimum Gasteiger partial charge on any atom is -0.391 e. The molecule has 2 rings (SSSR count). The minimum atomic E-state index is -0.278. The molecule has 1 fully saturated rings. The van der Waals surface area contributed by atoms with Crippen LogP contribution in [-0.4, -0.2) is 35.7 Å². The SMILES string of the molecule is Cc1cc(C)c(CC(O)C2(N(C)C)CCCC2)c(C)c1. The fourth-order valence-electron chi connectivity index (χ4n) is 3.98. The summed E-state index contributed by atoms with van der Waals surface area (Å²) in [6.07, 6.45) is 5.20. The van der Waals surface area contributed by atoms with Gasteiger partial charge in [0.15, 0.2) is 0 Å². The van der Waals surface area contributed by atoms with Crippen LogP contribution in [0.15, 0.2) is 12.1 Å². The van der Waals surface area contributed by atoms with E-state index in [2.05, 4.69) is 51.9 Å². The van der Waals surface area contributed by atoms with Crippen molar-refractivity contribution in [3.05, 3.63) is 34.4 Å². The largest absolute Gasteiger partial charge is 0.391 e. The smallest absolute Gasteiger partial charge is 0.0764 e. The quantitative estimate of drug-likeness (QED) is 0.910. The van der Waals surface area contributed by atoms with Crippen LogP contribution in [0.1, 0.15) is 47.9 Å². The van der Waals surface area contributed by atoms with E-state index in [1.807, 2.05) is 0 Å². The second-order valence-corrected chi connectivity index (χ2v) is 6.80. The Morgan fingerprint density at radius 1 is 1.10 bits per heavy atom. The van der Waals surface area contributed by atoms with Crippen LogP contribution in [0.5, 0.6) is 0 Å². The van der Waals surface area contributed by atoms with E-state index in [1.54, 1.807) is 0 Å². The molecule has 1 aromatic rings. The van der Waals surface area contributed by atoms with Crippen LogP contribution < -0.4 is 0 Å². The molecule has 112 valence electrons. The second-order valence-electron chi connectivity index (χ2n) is 6.80. The van der Waals surface area contributed by atoms with Crippen LogP contribution >= 0.6 is 0 Å². The van der Waals surface area contributed by atoms with Gasteiger partial charge in [-0.2, -0.15) is 0 Å². The Kier molecular flexibility index (Phi) is 4.55. The summed E-state index contributed by atoms with van der Waals surface area (Å²) in [6.45, 7) is 6.47. The fourth-order valence-corrected chi connectivity index (χ4v) is 3.98. The van der Waals surface area contributed by atoms with Crippen LogP contribution in [0, 0.1) is 20.8 Å². The zero-order valence-corrected chi connectivity index (χ0v) is 13.7. The highest BCUT2D eigenvalue weighted by Crippen LogP contribution is 2.38. The number of hydrogen-bond acceptors (Lipinski definition) is 2. The number of aryl methyl sites for hydroxylation is 3. The standard InChI is InChI=1S/C18H29NO/c1-13-10-14(2)16(15(3)11-13)12-17(20)18(19(4)5)8-6-7-9-18/h10-11,17,20H,6-9,12H2,1-5H3. The summed E-state index contributed by atoms with van der Waals surface area (Å²) in [5.74, 6) is 0. The van der Waals surface area contributed by atoms with E-state index in [0.29, 0.717) is 0 Å². The lowest BCUT2D eigenvalue weighted by molar-refractivity contribution is -0.00266. The van der Waals surface area contributed by atoms with Gasteiger partial charge in [0.1, 0.15) is 0 Å². The van der Waals surface area contributed by atoms with E-state index >= 15 is 0 Å². The topological polar surface area (TPSA) is 23.5 Å². The maximum atomic E-state index is 10.9. The average Bonchev–Trinajstić information content (AvgIpc) is 2.83. The summed E-state index contributed by atoms with van der Waals surface area (Å²) in [6, 6.07) is 4.46. The van der Waals surface area contributed by atoms with E-state index in [0.717, 1.165) is 19.3 Å². The Balaban J connectivity index is 2.25. The summed E-state index contributed by atoms with van der Waals surface area (Å²) in [5.41, 5.74) is 5.24. The third kappa shape index (κ3) is 2.77. The lowest BCUT2D eigenvalue weighted by Crippen LogP contribution is -2.52. The Bertz CT molecular complexity index is 449. The van der Waals surface area contributed by atoms with Crippen molar-refractivity contribution in [1.29, 1.82) is 0 Å². The van der Waals surface area contributed by atoms with Crippen molar-refractivity contribution < 1.29 is 5.11 Å². The van der Waals surface area contributed by atoms with Crippen LogP contribution in [0.25, 0.3) is 0 Å². The van der Waals surface area contributed by atoms with Gasteiger partial charge >= 0.3 is 0 Å². The first-order valence-electron chi connectivity index (χ1n) is 7.79. The Labute approximate surface area is 123 Å². The first kappa shape index (κ1) is 15.5. The zero-order valence-electron chi connectivity index (χ0n) is 13.7. The van der Waals surface area contributed by atoms with Crippen molar-refractivity contribution in [2.75, 3.05) is 14.1 Å². The molecule has 0 bridgehead atoms. The van der Waals surface area contributed by atoms with Gasteiger partial charge in [-0.25, -0.2) is 0 Å². The monoisotopic (exact) mass is 275 g/mol. The Morgan fingerprint density at radius 2 is 1.60 bits per heavy atom. The molecular formula is C18H29NO. The lowest BCUT2D eigenvalue weighted by atomic mass is 9.83. The highest BCUT2D eigenvalue weighted by atomic mass is 16.3. The molecule has 0 aromatic heterocycles. The number of rotatable bonds is 4. The highest BCUT2D eigenvalue weighted by molar-refractivity contribution is 5.38. The first-order valence-corrected chi connectivity index (χ1v) is 7.79.